The van der Waals surface area contributed by atoms with Gasteiger partial charge in [-0.2, -0.15) is 4.99 Å². The van der Waals surface area contributed by atoms with Crippen LogP contribution in [0.3, 0.4) is 0 Å². The minimum absolute atomic E-state index is 0. The zero-order chi connectivity index (χ0) is 20.3. The molecule has 5 nitrogen and oxygen atoms in total. The zero-order valence-electron chi connectivity index (χ0n) is 16.5. The number of hydrogen-bond donors (Lipinski definition) is 2. The van der Waals surface area contributed by atoms with E-state index < -0.39 is 5.66 Å². The van der Waals surface area contributed by atoms with Crippen molar-refractivity contribution in [3.63, 3.8) is 0 Å². The summed E-state index contributed by atoms with van der Waals surface area (Å²) in [5, 5.41) is 1.41. The largest absolute Gasteiger partial charge is 0.369 e. The van der Waals surface area contributed by atoms with Crippen LogP contribution in [-0.2, 0) is 12.8 Å². The molecule has 4 N–H and O–H groups in total. The maximum atomic E-state index is 6.23. The summed E-state index contributed by atoms with van der Waals surface area (Å²) < 4.78 is 0. The summed E-state index contributed by atoms with van der Waals surface area (Å²) in [6, 6.07) is 14.0. The van der Waals surface area contributed by atoms with E-state index in [4.69, 9.17) is 34.7 Å². The average Bonchev–Trinajstić information content (AvgIpc) is 2.60. The van der Waals surface area contributed by atoms with Crippen LogP contribution in [0.2, 0.25) is 10.0 Å². The van der Waals surface area contributed by atoms with Gasteiger partial charge in [0, 0.05) is 15.7 Å². The molecule has 1 heterocycles. The van der Waals surface area contributed by atoms with Gasteiger partial charge in [-0.3, -0.25) is 4.90 Å². The standard InChI is InChI=1S/C21H25Cl2N5.ClH/c1-21(2)27-19(24)26-20(25)28(21)17-11-7-14(8-12-17)5-3-4-6-15-9-10-16(22)13-18(15)23;/h7-13H,3-6H2,1-2H3,(H4,24,25,26,27);1H. The number of aryl methyl sites for hydroxylation is 2. The molecule has 3 rings (SSSR count). The highest BCUT2D eigenvalue weighted by molar-refractivity contribution is 6.35. The maximum Gasteiger partial charge on any atom is 0.220 e. The van der Waals surface area contributed by atoms with Crippen molar-refractivity contribution in [2.75, 3.05) is 4.90 Å². The number of benzene rings is 2. The molecule has 156 valence electrons. The van der Waals surface area contributed by atoms with Gasteiger partial charge in [-0.1, -0.05) is 41.4 Å². The molecular formula is C21H26Cl3N5. The first-order valence-corrected chi connectivity index (χ1v) is 10.0. The molecule has 1 aliphatic rings. The van der Waals surface area contributed by atoms with E-state index in [0.717, 1.165) is 42.0 Å². The van der Waals surface area contributed by atoms with Crippen molar-refractivity contribution in [1.82, 2.24) is 0 Å². The Kier molecular flexibility index (Phi) is 7.80. The first-order chi connectivity index (χ1) is 13.3. The van der Waals surface area contributed by atoms with E-state index in [1.54, 1.807) is 6.07 Å². The van der Waals surface area contributed by atoms with Crippen LogP contribution in [0.1, 0.15) is 37.8 Å². The van der Waals surface area contributed by atoms with E-state index in [1.165, 1.54) is 5.56 Å². The van der Waals surface area contributed by atoms with Gasteiger partial charge in [0.2, 0.25) is 11.9 Å². The van der Waals surface area contributed by atoms with Gasteiger partial charge >= 0.3 is 0 Å². The SMILES string of the molecule is CC1(C)N=C(N)N=C(N)N1c1ccc(CCCCc2ccc(Cl)cc2Cl)cc1.Cl. The van der Waals surface area contributed by atoms with Crippen molar-refractivity contribution in [3.8, 4) is 0 Å². The number of guanidine groups is 2. The van der Waals surface area contributed by atoms with Crippen molar-refractivity contribution >= 4 is 53.2 Å². The molecule has 8 heteroatoms. The summed E-state index contributed by atoms with van der Waals surface area (Å²) in [7, 11) is 0. The highest BCUT2D eigenvalue weighted by Crippen LogP contribution is 2.28. The van der Waals surface area contributed by atoms with Gasteiger partial charge < -0.3 is 11.5 Å². The van der Waals surface area contributed by atoms with Gasteiger partial charge in [-0.25, -0.2) is 4.99 Å². The lowest BCUT2D eigenvalue weighted by molar-refractivity contribution is 0.534. The van der Waals surface area contributed by atoms with Crippen LogP contribution in [0, 0.1) is 0 Å². The molecule has 0 saturated heterocycles. The number of anilines is 1. The van der Waals surface area contributed by atoms with E-state index in [-0.39, 0.29) is 18.4 Å². The fraction of sp³-hybridized carbons (Fsp3) is 0.333. The van der Waals surface area contributed by atoms with Crippen LogP contribution >= 0.6 is 35.6 Å². The second kappa shape index (κ2) is 9.70. The number of nitrogens with two attached hydrogens (primary N) is 2. The van der Waals surface area contributed by atoms with Crippen LogP contribution in [0.15, 0.2) is 52.4 Å². The molecule has 29 heavy (non-hydrogen) atoms. The van der Waals surface area contributed by atoms with Crippen molar-refractivity contribution in [2.24, 2.45) is 21.5 Å². The molecule has 0 aliphatic carbocycles. The Bertz CT molecular complexity index is 907. The number of halogens is 3. The predicted molar refractivity (Wildman–Crippen MR) is 127 cm³/mol. The Hall–Kier alpha value is -1.95. The zero-order valence-corrected chi connectivity index (χ0v) is 18.9. The molecular weight excluding hydrogens is 429 g/mol. The molecule has 0 amide bonds. The third-order valence-electron chi connectivity index (χ3n) is 4.76. The number of hydrogen-bond acceptors (Lipinski definition) is 5. The van der Waals surface area contributed by atoms with Gasteiger partial charge in [-0.15, -0.1) is 12.4 Å². The molecule has 2 aromatic rings. The van der Waals surface area contributed by atoms with Crippen LogP contribution in [0.4, 0.5) is 5.69 Å². The van der Waals surface area contributed by atoms with Crippen LogP contribution in [0.5, 0.6) is 0 Å². The highest BCUT2D eigenvalue weighted by atomic mass is 35.5. The second-order valence-electron chi connectivity index (χ2n) is 7.38. The van der Waals surface area contributed by atoms with E-state index in [9.17, 15) is 0 Å². The molecule has 0 bridgehead atoms. The average molecular weight is 455 g/mol. The van der Waals surface area contributed by atoms with Gasteiger partial charge in [0.25, 0.3) is 0 Å². The summed E-state index contributed by atoms with van der Waals surface area (Å²) in [5.41, 5.74) is 14.6. The molecule has 0 saturated carbocycles. The monoisotopic (exact) mass is 453 g/mol. The number of unbranched alkanes of at least 4 members (excludes halogenated alkanes) is 1. The topological polar surface area (TPSA) is 80.0 Å². The molecule has 0 atom stereocenters. The molecule has 0 unspecified atom stereocenters. The first-order valence-electron chi connectivity index (χ1n) is 9.29. The van der Waals surface area contributed by atoms with Crippen LogP contribution in [-0.4, -0.2) is 17.6 Å². The Balaban J connectivity index is 0.00000300. The van der Waals surface area contributed by atoms with Crippen molar-refractivity contribution in [1.29, 1.82) is 0 Å². The van der Waals surface area contributed by atoms with Crippen molar-refractivity contribution < 1.29 is 0 Å². The van der Waals surface area contributed by atoms with E-state index in [0.29, 0.717) is 11.0 Å². The summed E-state index contributed by atoms with van der Waals surface area (Å²) >= 11 is 12.2. The van der Waals surface area contributed by atoms with E-state index in [2.05, 4.69) is 22.1 Å². The van der Waals surface area contributed by atoms with Gasteiger partial charge in [-0.05, 0) is 74.9 Å². The molecule has 0 spiro atoms. The smallest absolute Gasteiger partial charge is 0.220 e. The van der Waals surface area contributed by atoms with Gasteiger partial charge in [0.15, 0.2) is 0 Å². The minimum atomic E-state index is -0.574. The number of aliphatic imine (C=N–C) groups is 2. The van der Waals surface area contributed by atoms with E-state index >= 15 is 0 Å². The summed E-state index contributed by atoms with van der Waals surface area (Å²) in [6.45, 7) is 3.91. The third-order valence-corrected chi connectivity index (χ3v) is 5.35. The fourth-order valence-corrected chi connectivity index (χ4v) is 3.93. The lowest BCUT2D eigenvalue weighted by Crippen LogP contribution is -2.54. The minimum Gasteiger partial charge on any atom is -0.369 e. The first kappa shape index (κ1) is 23.3. The number of nitrogens with zero attached hydrogens (tertiary/aromatic N) is 3. The summed E-state index contributed by atoms with van der Waals surface area (Å²) in [5.74, 6) is 0.557. The maximum absolute atomic E-state index is 6.23. The van der Waals surface area contributed by atoms with Crippen LogP contribution in [0.25, 0.3) is 0 Å². The Morgan fingerprint density at radius 1 is 0.966 bits per heavy atom. The fourth-order valence-electron chi connectivity index (χ4n) is 3.43. The predicted octanol–water partition coefficient (Wildman–Crippen LogP) is 5.17. The Morgan fingerprint density at radius 3 is 2.24 bits per heavy atom. The Morgan fingerprint density at radius 2 is 1.62 bits per heavy atom. The lowest BCUT2D eigenvalue weighted by Gasteiger charge is -2.38. The Labute approximate surface area is 188 Å². The van der Waals surface area contributed by atoms with Gasteiger partial charge in [0.05, 0.1) is 0 Å². The van der Waals surface area contributed by atoms with Crippen molar-refractivity contribution in [3.05, 3.63) is 63.6 Å². The van der Waals surface area contributed by atoms with E-state index in [1.807, 2.05) is 43.0 Å². The third kappa shape index (κ3) is 5.78. The highest BCUT2D eigenvalue weighted by Gasteiger charge is 2.32. The normalized spacial score (nSPS) is 15.4. The molecule has 2 aromatic carbocycles. The molecule has 1 aliphatic heterocycles. The van der Waals surface area contributed by atoms with Crippen molar-refractivity contribution in [2.45, 2.75) is 45.2 Å². The summed E-state index contributed by atoms with van der Waals surface area (Å²) in [4.78, 5) is 10.4. The quantitative estimate of drug-likeness (QED) is 0.591. The molecule has 0 radical (unpaired) electrons. The molecule has 0 aromatic heterocycles. The summed E-state index contributed by atoms with van der Waals surface area (Å²) in [6.07, 6.45) is 4.10. The lowest BCUT2D eigenvalue weighted by atomic mass is 10.0. The number of rotatable bonds is 6. The second-order valence-corrected chi connectivity index (χ2v) is 8.22. The molecule has 0 fully saturated rings. The van der Waals surface area contributed by atoms with Gasteiger partial charge in [0.1, 0.15) is 5.66 Å². The van der Waals surface area contributed by atoms with Crippen LogP contribution < -0.4 is 16.4 Å².